The van der Waals surface area contributed by atoms with E-state index in [4.69, 9.17) is 0 Å². The van der Waals surface area contributed by atoms with Gasteiger partial charge in [0.1, 0.15) is 0 Å². The van der Waals surface area contributed by atoms with Gasteiger partial charge in [-0.3, -0.25) is 0 Å². The van der Waals surface area contributed by atoms with E-state index in [0.29, 0.717) is 0 Å². The SMILES string of the molecule is CCCCN(CCCC)c1ccc(N=Nc2ccc(Br)cc2)cc1. The van der Waals surface area contributed by atoms with Gasteiger partial charge in [-0.15, -0.1) is 0 Å². The van der Waals surface area contributed by atoms with Crippen LogP contribution in [0.3, 0.4) is 0 Å². The second-order valence-electron chi connectivity index (χ2n) is 5.89. The Bertz CT molecular complexity index is 612. The molecule has 0 saturated heterocycles. The quantitative estimate of drug-likeness (QED) is 0.415. The van der Waals surface area contributed by atoms with Gasteiger partial charge in [0.2, 0.25) is 0 Å². The van der Waals surface area contributed by atoms with Crippen molar-refractivity contribution < 1.29 is 0 Å². The van der Waals surface area contributed by atoms with Crippen LogP contribution in [0.5, 0.6) is 0 Å². The summed E-state index contributed by atoms with van der Waals surface area (Å²) in [4.78, 5) is 2.47. The highest BCUT2D eigenvalue weighted by Crippen LogP contribution is 2.23. The molecule has 0 N–H and O–H groups in total. The summed E-state index contributed by atoms with van der Waals surface area (Å²) < 4.78 is 1.05. The molecular formula is C20H26BrN3. The average molecular weight is 388 g/mol. The molecular weight excluding hydrogens is 362 g/mol. The van der Waals surface area contributed by atoms with Crippen LogP contribution in [0.25, 0.3) is 0 Å². The Hall–Kier alpha value is -1.68. The standard InChI is InChI=1S/C20H26BrN3/c1-3-5-15-24(16-6-4-2)20-13-11-19(12-14-20)23-22-18-9-7-17(21)8-10-18/h7-14H,3-6,15-16H2,1-2H3. The first-order chi connectivity index (χ1) is 11.7. The molecule has 24 heavy (non-hydrogen) atoms. The highest BCUT2D eigenvalue weighted by atomic mass is 79.9. The Morgan fingerprint density at radius 3 is 1.67 bits per heavy atom. The third-order valence-electron chi connectivity index (χ3n) is 3.89. The number of benzene rings is 2. The molecule has 0 amide bonds. The minimum absolute atomic E-state index is 0.856. The predicted molar refractivity (Wildman–Crippen MR) is 107 cm³/mol. The number of hydrogen-bond acceptors (Lipinski definition) is 3. The van der Waals surface area contributed by atoms with Crippen molar-refractivity contribution in [3.05, 3.63) is 53.0 Å². The van der Waals surface area contributed by atoms with Gasteiger partial charge in [0.25, 0.3) is 0 Å². The molecule has 4 heteroatoms. The van der Waals surface area contributed by atoms with Gasteiger partial charge in [-0.05, 0) is 61.4 Å². The van der Waals surface area contributed by atoms with Crippen LogP contribution < -0.4 is 4.90 Å². The van der Waals surface area contributed by atoms with Crippen LogP contribution in [-0.4, -0.2) is 13.1 Å². The molecule has 0 heterocycles. The summed E-state index contributed by atoms with van der Waals surface area (Å²) in [6.45, 7) is 6.72. The van der Waals surface area contributed by atoms with Gasteiger partial charge >= 0.3 is 0 Å². The Kier molecular flexibility index (Phi) is 7.96. The Balaban J connectivity index is 2.03. The number of nitrogens with zero attached hydrogens (tertiary/aromatic N) is 3. The lowest BCUT2D eigenvalue weighted by Gasteiger charge is -2.24. The molecule has 0 aliphatic carbocycles. The van der Waals surface area contributed by atoms with Gasteiger partial charge in [0.05, 0.1) is 11.4 Å². The maximum atomic E-state index is 4.32. The molecule has 0 aromatic heterocycles. The van der Waals surface area contributed by atoms with E-state index in [9.17, 15) is 0 Å². The average Bonchev–Trinajstić information content (AvgIpc) is 2.62. The van der Waals surface area contributed by atoms with E-state index in [2.05, 4.69) is 57.0 Å². The van der Waals surface area contributed by atoms with Crippen molar-refractivity contribution in [1.29, 1.82) is 0 Å². The van der Waals surface area contributed by atoms with Crippen LogP contribution in [-0.2, 0) is 0 Å². The molecule has 3 nitrogen and oxygen atoms in total. The smallest absolute Gasteiger partial charge is 0.0858 e. The van der Waals surface area contributed by atoms with Crippen LogP contribution >= 0.6 is 15.9 Å². The highest BCUT2D eigenvalue weighted by Gasteiger charge is 2.05. The first kappa shape index (κ1) is 18.7. The lowest BCUT2D eigenvalue weighted by atomic mass is 10.2. The molecule has 0 fully saturated rings. The fraction of sp³-hybridized carbons (Fsp3) is 0.400. The minimum atomic E-state index is 0.856. The fourth-order valence-corrected chi connectivity index (χ4v) is 2.69. The fourth-order valence-electron chi connectivity index (χ4n) is 2.42. The zero-order valence-electron chi connectivity index (χ0n) is 14.6. The summed E-state index contributed by atoms with van der Waals surface area (Å²) >= 11 is 3.42. The molecule has 0 bridgehead atoms. The van der Waals surface area contributed by atoms with Crippen LogP contribution in [0.4, 0.5) is 17.1 Å². The molecule has 0 saturated carbocycles. The topological polar surface area (TPSA) is 28.0 Å². The number of anilines is 1. The molecule has 128 valence electrons. The van der Waals surface area contributed by atoms with Gasteiger partial charge in [-0.1, -0.05) is 42.6 Å². The molecule has 0 spiro atoms. The monoisotopic (exact) mass is 387 g/mol. The van der Waals surface area contributed by atoms with E-state index in [1.54, 1.807) is 0 Å². The molecule has 0 radical (unpaired) electrons. The van der Waals surface area contributed by atoms with Gasteiger partial charge < -0.3 is 4.90 Å². The largest absolute Gasteiger partial charge is 0.372 e. The number of halogens is 1. The maximum Gasteiger partial charge on any atom is 0.0858 e. The Morgan fingerprint density at radius 2 is 1.21 bits per heavy atom. The Labute approximate surface area is 153 Å². The van der Waals surface area contributed by atoms with Crippen molar-refractivity contribution in [2.45, 2.75) is 39.5 Å². The molecule has 2 aromatic carbocycles. The third-order valence-corrected chi connectivity index (χ3v) is 4.41. The first-order valence-corrected chi connectivity index (χ1v) is 9.54. The number of azo groups is 1. The predicted octanol–water partition coefficient (Wildman–Crippen LogP) is 7.27. The zero-order valence-corrected chi connectivity index (χ0v) is 16.2. The second kappa shape index (κ2) is 10.2. The second-order valence-corrected chi connectivity index (χ2v) is 6.80. The summed E-state index contributed by atoms with van der Waals surface area (Å²) in [5.74, 6) is 0. The summed E-state index contributed by atoms with van der Waals surface area (Å²) in [6.07, 6.45) is 4.91. The van der Waals surface area contributed by atoms with Crippen LogP contribution in [0, 0.1) is 0 Å². The zero-order chi connectivity index (χ0) is 17.2. The molecule has 2 rings (SSSR count). The number of unbranched alkanes of at least 4 members (excludes halogenated alkanes) is 2. The van der Waals surface area contributed by atoms with E-state index in [1.807, 2.05) is 36.4 Å². The van der Waals surface area contributed by atoms with E-state index in [0.717, 1.165) is 28.9 Å². The number of rotatable bonds is 9. The van der Waals surface area contributed by atoms with Gasteiger partial charge in [0, 0.05) is 23.2 Å². The van der Waals surface area contributed by atoms with E-state index < -0.39 is 0 Å². The summed E-state index contributed by atoms with van der Waals surface area (Å²) in [5.41, 5.74) is 3.02. The highest BCUT2D eigenvalue weighted by molar-refractivity contribution is 9.10. The normalized spacial score (nSPS) is 11.1. The van der Waals surface area contributed by atoms with Crippen molar-refractivity contribution in [1.82, 2.24) is 0 Å². The van der Waals surface area contributed by atoms with Crippen LogP contribution in [0.2, 0.25) is 0 Å². The van der Waals surface area contributed by atoms with Crippen LogP contribution in [0.15, 0.2) is 63.2 Å². The van der Waals surface area contributed by atoms with Gasteiger partial charge in [-0.2, -0.15) is 10.2 Å². The summed E-state index contributed by atoms with van der Waals surface area (Å²) in [6, 6.07) is 16.2. The summed E-state index contributed by atoms with van der Waals surface area (Å²) in [5, 5.41) is 8.60. The van der Waals surface area contributed by atoms with E-state index in [1.165, 1.54) is 31.4 Å². The maximum absolute atomic E-state index is 4.32. The van der Waals surface area contributed by atoms with Crippen molar-refractivity contribution in [2.75, 3.05) is 18.0 Å². The van der Waals surface area contributed by atoms with Gasteiger partial charge in [0.15, 0.2) is 0 Å². The molecule has 0 aliphatic heterocycles. The molecule has 0 unspecified atom stereocenters. The summed E-state index contributed by atoms with van der Waals surface area (Å²) in [7, 11) is 0. The number of hydrogen-bond donors (Lipinski definition) is 0. The minimum Gasteiger partial charge on any atom is -0.372 e. The van der Waals surface area contributed by atoms with E-state index in [-0.39, 0.29) is 0 Å². The molecule has 2 aromatic rings. The molecule has 0 aliphatic rings. The van der Waals surface area contributed by atoms with Crippen molar-refractivity contribution in [2.24, 2.45) is 10.2 Å². The lowest BCUT2D eigenvalue weighted by Crippen LogP contribution is -2.25. The van der Waals surface area contributed by atoms with Crippen molar-refractivity contribution in [3.8, 4) is 0 Å². The van der Waals surface area contributed by atoms with E-state index >= 15 is 0 Å². The first-order valence-electron chi connectivity index (χ1n) is 8.75. The van der Waals surface area contributed by atoms with Crippen molar-refractivity contribution in [3.63, 3.8) is 0 Å². The van der Waals surface area contributed by atoms with Crippen molar-refractivity contribution >= 4 is 33.0 Å². The lowest BCUT2D eigenvalue weighted by molar-refractivity contribution is 0.678. The third kappa shape index (κ3) is 6.08. The van der Waals surface area contributed by atoms with Crippen LogP contribution in [0.1, 0.15) is 39.5 Å². The molecule has 0 atom stereocenters. The Morgan fingerprint density at radius 1 is 0.750 bits per heavy atom. The van der Waals surface area contributed by atoms with Gasteiger partial charge in [-0.25, -0.2) is 0 Å².